The molecule has 41 heavy (non-hydrogen) atoms. The van der Waals surface area contributed by atoms with E-state index >= 15 is 0 Å². The molecule has 0 radical (unpaired) electrons. The molecule has 0 saturated heterocycles. The lowest BCUT2D eigenvalue weighted by Crippen LogP contribution is -1.94. The van der Waals surface area contributed by atoms with Gasteiger partial charge < -0.3 is 0 Å². The standard InChI is InChI=1S/C41H32/c1-4-28-17-23-36-38(25-28)41(35-16-10-14-31-13-8-9-15-34(31)35)37-24-22-33(27(2)3)26-39(37)40(36)32-20-18-30(19-21-32)29-11-6-5-7-12-29/h5-26H,2,4H2,1,3H3. The van der Waals surface area contributed by atoms with E-state index < -0.39 is 0 Å². The highest BCUT2D eigenvalue weighted by atomic mass is 14.2. The monoisotopic (exact) mass is 524 g/mol. The molecule has 196 valence electrons. The third-order valence-electron chi connectivity index (χ3n) is 8.42. The predicted octanol–water partition coefficient (Wildman–Crippen LogP) is 11.7. The molecule has 0 bridgehead atoms. The third kappa shape index (κ3) is 4.33. The Bertz CT molecular complexity index is 2070. The highest BCUT2D eigenvalue weighted by Gasteiger charge is 2.19. The lowest BCUT2D eigenvalue weighted by molar-refractivity contribution is 1.15. The van der Waals surface area contributed by atoms with Gasteiger partial charge in [0.2, 0.25) is 0 Å². The van der Waals surface area contributed by atoms with E-state index in [1.807, 2.05) is 0 Å². The van der Waals surface area contributed by atoms with Crippen LogP contribution in [-0.2, 0) is 6.42 Å². The predicted molar refractivity (Wildman–Crippen MR) is 179 cm³/mol. The third-order valence-corrected chi connectivity index (χ3v) is 8.42. The molecule has 0 aliphatic carbocycles. The van der Waals surface area contributed by atoms with Crippen LogP contribution in [0.15, 0.2) is 140 Å². The smallest absolute Gasteiger partial charge is 0.00200 e. The van der Waals surface area contributed by atoms with Gasteiger partial charge in [0.25, 0.3) is 0 Å². The van der Waals surface area contributed by atoms with Crippen LogP contribution in [0.25, 0.3) is 71.3 Å². The molecule has 0 atom stereocenters. The summed E-state index contributed by atoms with van der Waals surface area (Å²) in [4.78, 5) is 0. The second kappa shape index (κ2) is 10.2. The molecule has 0 spiro atoms. The van der Waals surface area contributed by atoms with Crippen LogP contribution < -0.4 is 0 Å². The summed E-state index contributed by atoms with van der Waals surface area (Å²) in [7, 11) is 0. The quantitative estimate of drug-likeness (QED) is 0.196. The van der Waals surface area contributed by atoms with Gasteiger partial charge >= 0.3 is 0 Å². The highest BCUT2D eigenvalue weighted by molar-refractivity contribution is 6.24. The van der Waals surface area contributed by atoms with Gasteiger partial charge in [0.05, 0.1) is 0 Å². The summed E-state index contributed by atoms with van der Waals surface area (Å²) in [6.07, 6.45) is 0.999. The summed E-state index contributed by atoms with van der Waals surface area (Å²) >= 11 is 0. The van der Waals surface area contributed by atoms with Crippen molar-refractivity contribution in [1.29, 1.82) is 0 Å². The Hall–Kier alpha value is -4.94. The molecule has 0 heteroatoms. The Morgan fingerprint density at radius 1 is 0.512 bits per heavy atom. The van der Waals surface area contributed by atoms with Crippen molar-refractivity contribution in [3.8, 4) is 33.4 Å². The maximum atomic E-state index is 4.29. The fourth-order valence-corrected chi connectivity index (χ4v) is 6.27. The molecule has 0 saturated carbocycles. The van der Waals surface area contributed by atoms with Gasteiger partial charge in [-0.25, -0.2) is 0 Å². The lowest BCUT2D eigenvalue weighted by atomic mass is 9.83. The summed E-state index contributed by atoms with van der Waals surface area (Å²) in [6.45, 7) is 8.62. The second-order valence-corrected chi connectivity index (χ2v) is 11.0. The van der Waals surface area contributed by atoms with Crippen LogP contribution in [0.5, 0.6) is 0 Å². The molecule has 0 aliphatic rings. The molecule has 0 fully saturated rings. The Morgan fingerprint density at radius 2 is 1.15 bits per heavy atom. The van der Waals surface area contributed by atoms with E-state index in [-0.39, 0.29) is 0 Å². The number of allylic oxidation sites excluding steroid dienone is 1. The molecular formula is C41H32. The number of hydrogen-bond donors (Lipinski definition) is 0. The fourth-order valence-electron chi connectivity index (χ4n) is 6.27. The largest absolute Gasteiger partial charge is 0.0955 e. The first-order chi connectivity index (χ1) is 20.1. The summed E-state index contributed by atoms with van der Waals surface area (Å²) < 4.78 is 0. The van der Waals surface area contributed by atoms with Crippen LogP contribution in [0.2, 0.25) is 0 Å². The molecule has 7 aromatic rings. The number of aryl methyl sites for hydroxylation is 1. The molecule has 0 N–H and O–H groups in total. The first-order valence-corrected chi connectivity index (χ1v) is 14.4. The van der Waals surface area contributed by atoms with Crippen molar-refractivity contribution in [3.05, 3.63) is 151 Å². The Balaban J connectivity index is 1.61. The number of benzene rings is 7. The van der Waals surface area contributed by atoms with Crippen LogP contribution in [0.4, 0.5) is 0 Å². The molecule has 0 unspecified atom stereocenters. The van der Waals surface area contributed by atoms with Crippen LogP contribution in [0.3, 0.4) is 0 Å². The Morgan fingerprint density at radius 3 is 1.93 bits per heavy atom. The summed E-state index contributed by atoms with van der Waals surface area (Å²) in [5.41, 5.74) is 11.2. The van der Waals surface area contributed by atoms with Gasteiger partial charge in [-0.15, -0.1) is 0 Å². The fraction of sp³-hybridized carbons (Fsp3) is 0.0732. The molecular weight excluding hydrogens is 492 g/mol. The van der Waals surface area contributed by atoms with E-state index in [4.69, 9.17) is 0 Å². The van der Waals surface area contributed by atoms with E-state index in [2.05, 4.69) is 154 Å². The van der Waals surface area contributed by atoms with E-state index in [0.29, 0.717) is 0 Å². The zero-order valence-electron chi connectivity index (χ0n) is 23.6. The van der Waals surface area contributed by atoms with Gasteiger partial charge in [-0.05, 0) is 96.2 Å². The van der Waals surface area contributed by atoms with E-state index in [0.717, 1.165) is 12.0 Å². The minimum absolute atomic E-state index is 0.999. The van der Waals surface area contributed by atoms with Crippen LogP contribution in [0, 0.1) is 0 Å². The summed E-state index contributed by atoms with van der Waals surface area (Å²) in [6, 6.07) is 49.1. The maximum Gasteiger partial charge on any atom is -0.00200 e. The average molecular weight is 525 g/mol. The lowest BCUT2D eigenvalue weighted by Gasteiger charge is -2.20. The van der Waals surface area contributed by atoms with Crippen LogP contribution >= 0.6 is 0 Å². The molecule has 7 rings (SSSR count). The minimum Gasteiger partial charge on any atom is -0.0955 e. The van der Waals surface area contributed by atoms with E-state index in [9.17, 15) is 0 Å². The number of rotatable bonds is 5. The molecule has 0 amide bonds. The van der Waals surface area contributed by atoms with Crippen molar-refractivity contribution in [2.45, 2.75) is 20.3 Å². The zero-order valence-corrected chi connectivity index (χ0v) is 23.6. The van der Waals surface area contributed by atoms with Crippen molar-refractivity contribution >= 4 is 37.9 Å². The zero-order chi connectivity index (χ0) is 27.9. The highest BCUT2D eigenvalue weighted by Crippen LogP contribution is 2.46. The Kier molecular flexibility index (Phi) is 6.25. The van der Waals surface area contributed by atoms with Crippen molar-refractivity contribution < 1.29 is 0 Å². The molecule has 7 aromatic carbocycles. The number of fused-ring (bicyclic) bond motifs is 3. The topological polar surface area (TPSA) is 0 Å². The van der Waals surface area contributed by atoms with Gasteiger partial charge in [0.15, 0.2) is 0 Å². The maximum absolute atomic E-state index is 4.29. The number of hydrogen-bond acceptors (Lipinski definition) is 0. The first-order valence-electron chi connectivity index (χ1n) is 14.4. The summed E-state index contributed by atoms with van der Waals surface area (Å²) in [5, 5.41) is 7.66. The SMILES string of the molecule is C=C(C)c1ccc2c(-c3cccc4ccccc34)c3cc(CC)ccc3c(-c3ccc(-c4ccccc4)cc3)c2c1. The van der Waals surface area contributed by atoms with Crippen molar-refractivity contribution in [2.24, 2.45) is 0 Å². The van der Waals surface area contributed by atoms with Gasteiger partial charge in [-0.2, -0.15) is 0 Å². The average Bonchev–Trinajstić information content (AvgIpc) is 3.03. The van der Waals surface area contributed by atoms with Crippen molar-refractivity contribution in [3.63, 3.8) is 0 Å². The molecule has 0 heterocycles. The van der Waals surface area contributed by atoms with Gasteiger partial charge in [0.1, 0.15) is 0 Å². The molecule has 0 aliphatic heterocycles. The van der Waals surface area contributed by atoms with Crippen LogP contribution in [-0.4, -0.2) is 0 Å². The van der Waals surface area contributed by atoms with E-state index in [1.165, 1.54) is 76.8 Å². The van der Waals surface area contributed by atoms with E-state index in [1.54, 1.807) is 0 Å². The van der Waals surface area contributed by atoms with Crippen LogP contribution in [0.1, 0.15) is 25.0 Å². The normalized spacial score (nSPS) is 11.4. The molecule has 0 nitrogen and oxygen atoms in total. The Labute approximate surface area is 242 Å². The minimum atomic E-state index is 0.999. The first kappa shape index (κ1) is 25.1. The van der Waals surface area contributed by atoms with Crippen molar-refractivity contribution in [1.82, 2.24) is 0 Å². The van der Waals surface area contributed by atoms with Gasteiger partial charge in [0, 0.05) is 0 Å². The van der Waals surface area contributed by atoms with Crippen molar-refractivity contribution in [2.75, 3.05) is 0 Å². The second-order valence-electron chi connectivity index (χ2n) is 11.0. The molecule has 0 aromatic heterocycles. The summed E-state index contributed by atoms with van der Waals surface area (Å²) in [5.74, 6) is 0. The van der Waals surface area contributed by atoms with Gasteiger partial charge in [-0.3, -0.25) is 0 Å². The van der Waals surface area contributed by atoms with Gasteiger partial charge in [-0.1, -0.05) is 146 Å².